The van der Waals surface area contributed by atoms with E-state index in [-0.39, 0.29) is 12.4 Å². The highest BCUT2D eigenvalue weighted by molar-refractivity contribution is 5.90. The summed E-state index contributed by atoms with van der Waals surface area (Å²) < 4.78 is 10.6. The summed E-state index contributed by atoms with van der Waals surface area (Å²) >= 11 is 0. The molecule has 0 bridgehead atoms. The Balaban J connectivity index is 1.65. The number of ether oxygens (including phenoxy) is 2. The maximum Gasteiger partial charge on any atom is 0.338 e. The van der Waals surface area contributed by atoms with Gasteiger partial charge < -0.3 is 14.6 Å². The molecule has 0 aliphatic heterocycles. The average Bonchev–Trinajstić information content (AvgIpc) is 2.82. The number of carboxylic acids is 1. The van der Waals surface area contributed by atoms with E-state index in [9.17, 15) is 14.4 Å². The SMILES string of the molecule is C=C(C)C(=O)Oc1ccc(-c2ccc(C(=O)OCCCCCCCCCCC(=O)O)cc2)cc1. The topological polar surface area (TPSA) is 89.9 Å². The molecule has 182 valence electrons. The molecule has 0 atom stereocenters. The van der Waals surface area contributed by atoms with E-state index < -0.39 is 11.9 Å². The molecule has 0 saturated carbocycles. The molecule has 0 amide bonds. The number of unbranched alkanes of at least 4 members (excludes halogenated alkanes) is 7. The van der Waals surface area contributed by atoms with Crippen molar-refractivity contribution in [1.29, 1.82) is 0 Å². The fourth-order valence-corrected chi connectivity index (χ4v) is 3.40. The molecule has 2 aromatic rings. The first-order chi connectivity index (χ1) is 16.4. The van der Waals surface area contributed by atoms with E-state index in [0.717, 1.165) is 62.5 Å². The van der Waals surface area contributed by atoms with Gasteiger partial charge >= 0.3 is 17.9 Å². The second-order valence-corrected chi connectivity index (χ2v) is 8.38. The highest BCUT2D eigenvalue weighted by atomic mass is 16.5. The highest BCUT2D eigenvalue weighted by Crippen LogP contribution is 2.23. The second kappa shape index (κ2) is 14.7. The molecule has 1 N–H and O–H groups in total. The van der Waals surface area contributed by atoms with Crippen molar-refractivity contribution in [1.82, 2.24) is 0 Å². The Morgan fingerprint density at radius 3 is 1.79 bits per heavy atom. The van der Waals surface area contributed by atoms with Gasteiger partial charge in [0.15, 0.2) is 0 Å². The van der Waals surface area contributed by atoms with Gasteiger partial charge in [0.2, 0.25) is 0 Å². The molecule has 6 nitrogen and oxygen atoms in total. The van der Waals surface area contributed by atoms with Crippen LogP contribution in [0.15, 0.2) is 60.7 Å². The minimum absolute atomic E-state index is 0.260. The Morgan fingerprint density at radius 2 is 1.26 bits per heavy atom. The summed E-state index contributed by atoms with van der Waals surface area (Å²) in [5.74, 6) is -1.05. The monoisotopic (exact) mass is 466 g/mol. The van der Waals surface area contributed by atoms with E-state index in [1.54, 1.807) is 31.2 Å². The largest absolute Gasteiger partial charge is 0.481 e. The molecule has 0 radical (unpaired) electrons. The molecule has 0 aliphatic carbocycles. The van der Waals surface area contributed by atoms with Crippen LogP contribution in [0.5, 0.6) is 5.75 Å². The minimum Gasteiger partial charge on any atom is -0.481 e. The van der Waals surface area contributed by atoms with Gasteiger partial charge in [-0.15, -0.1) is 0 Å². The maximum absolute atomic E-state index is 12.3. The summed E-state index contributed by atoms with van der Waals surface area (Å²) in [6.45, 7) is 5.57. The quantitative estimate of drug-likeness (QED) is 0.138. The van der Waals surface area contributed by atoms with Crippen LogP contribution in [0.25, 0.3) is 11.1 Å². The van der Waals surface area contributed by atoms with Crippen molar-refractivity contribution in [3.63, 3.8) is 0 Å². The van der Waals surface area contributed by atoms with E-state index in [0.29, 0.717) is 23.5 Å². The average molecular weight is 467 g/mol. The van der Waals surface area contributed by atoms with E-state index in [4.69, 9.17) is 14.6 Å². The molecular formula is C28H34O6. The fraction of sp³-hybridized carbons (Fsp3) is 0.393. The normalized spacial score (nSPS) is 10.5. The standard InChI is InChI=1S/C28H34O6/c1-21(2)27(31)34-25-18-16-23(17-19-25)22-12-14-24(15-13-22)28(32)33-20-10-8-6-4-3-5-7-9-11-26(29)30/h12-19H,1,3-11,20H2,2H3,(H,29,30). The first kappa shape index (κ1) is 26.8. The van der Waals surface area contributed by atoms with Gasteiger partial charge in [0.25, 0.3) is 0 Å². The van der Waals surface area contributed by atoms with Crippen molar-refractivity contribution in [2.75, 3.05) is 6.61 Å². The van der Waals surface area contributed by atoms with Crippen molar-refractivity contribution >= 4 is 17.9 Å². The third kappa shape index (κ3) is 10.0. The number of carbonyl (C=O) groups is 3. The Hall–Kier alpha value is -3.41. The molecular weight excluding hydrogens is 432 g/mol. The summed E-state index contributed by atoms with van der Waals surface area (Å²) in [4.78, 5) is 34.3. The Morgan fingerprint density at radius 1 is 0.765 bits per heavy atom. The van der Waals surface area contributed by atoms with E-state index in [1.807, 2.05) is 24.3 Å². The lowest BCUT2D eigenvalue weighted by molar-refractivity contribution is -0.137. The summed E-state index contributed by atoms with van der Waals surface area (Å²) in [5, 5.41) is 8.60. The van der Waals surface area contributed by atoms with E-state index in [2.05, 4.69) is 6.58 Å². The van der Waals surface area contributed by atoms with Crippen molar-refractivity contribution in [2.45, 2.75) is 64.7 Å². The van der Waals surface area contributed by atoms with Gasteiger partial charge in [0.05, 0.1) is 12.2 Å². The number of carboxylic acid groups (broad SMARTS) is 1. The summed E-state index contributed by atoms with van der Waals surface area (Å²) in [7, 11) is 0. The van der Waals surface area contributed by atoms with Crippen LogP contribution in [0.1, 0.15) is 75.1 Å². The zero-order valence-corrected chi connectivity index (χ0v) is 19.9. The number of esters is 2. The van der Waals surface area contributed by atoms with Gasteiger partial charge in [0.1, 0.15) is 5.75 Å². The van der Waals surface area contributed by atoms with E-state index in [1.165, 1.54) is 0 Å². The number of aliphatic carboxylic acids is 1. The van der Waals surface area contributed by atoms with Crippen LogP contribution in [-0.4, -0.2) is 29.6 Å². The number of hydrogen-bond donors (Lipinski definition) is 1. The molecule has 34 heavy (non-hydrogen) atoms. The predicted octanol–water partition coefficient (Wildman–Crippen LogP) is 6.59. The smallest absolute Gasteiger partial charge is 0.338 e. The van der Waals surface area contributed by atoms with Crippen molar-refractivity contribution in [3.05, 3.63) is 66.2 Å². The molecule has 2 rings (SSSR count). The first-order valence-electron chi connectivity index (χ1n) is 11.8. The zero-order chi connectivity index (χ0) is 24.8. The third-order valence-corrected chi connectivity index (χ3v) is 5.39. The van der Waals surface area contributed by atoms with Crippen LogP contribution in [0.2, 0.25) is 0 Å². The van der Waals surface area contributed by atoms with E-state index >= 15 is 0 Å². The Bertz CT molecular complexity index is 944. The number of benzene rings is 2. The minimum atomic E-state index is -0.722. The molecule has 0 heterocycles. The molecule has 0 fully saturated rings. The molecule has 6 heteroatoms. The highest BCUT2D eigenvalue weighted by Gasteiger charge is 2.09. The molecule has 0 unspecified atom stereocenters. The van der Waals surface area contributed by atoms with Gasteiger partial charge in [-0.05, 0) is 55.2 Å². The van der Waals surface area contributed by atoms with Crippen LogP contribution in [-0.2, 0) is 14.3 Å². The van der Waals surface area contributed by atoms with Crippen LogP contribution in [0, 0.1) is 0 Å². The Kier molecular flexibility index (Phi) is 11.6. The second-order valence-electron chi connectivity index (χ2n) is 8.38. The molecule has 0 saturated heterocycles. The molecule has 0 spiro atoms. The van der Waals surface area contributed by atoms with Crippen LogP contribution < -0.4 is 4.74 Å². The van der Waals surface area contributed by atoms with Crippen LogP contribution in [0.3, 0.4) is 0 Å². The van der Waals surface area contributed by atoms with Crippen molar-refractivity contribution in [3.8, 4) is 16.9 Å². The number of rotatable bonds is 15. The first-order valence-corrected chi connectivity index (χ1v) is 11.8. The van der Waals surface area contributed by atoms with Crippen molar-refractivity contribution < 1.29 is 29.0 Å². The molecule has 2 aromatic carbocycles. The predicted molar refractivity (Wildman–Crippen MR) is 132 cm³/mol. The lowest BCUT2D eigenvalue weighted by Gasteiger charge is -2.08. The number of carbonyl (C=O) groups excluding carboxylic acids is 2. The zero-order valence-electron chi connectivity index (χ0n) is 19.9. The van der Waals surface area contributed by atoms with Crippen LogP contribution >= 0.6 is 0 Å². The summed E-state index contributed by atoms with van der Waals surface area (Å²) in [6.07, 6.45) is 8.25. The lowest BCUT2D eigenvalue weighted by atomic mass is 10.0. The fourth-order valence-electron chi connectivity index (χ4n) is 3.40. The van der Waals surface area contributed by atoms with Gasteiger partial charge in [0, 0.05) is 12.0 Å². The van der Waals surface area contributed by atoms with Crippen LogP contribution in [0.4, 0.5) is 0 Å². The van der Waals surface area contributed by atoms with Crippen molar-refractivity contribution in [2.24, 2.45) is 0 Å². The lowest BCUT2D eigenvalue weighted by Crippen LogP contribution is -2.07. The van der Waals surface area contributed by atoms with Gasteiger partial charge in [-0.1, -0.05) is 69.4 Å². The maximum atomic E-state index is 12.3. The van der Waals surface area contributed by atoms with Gasteiger partial charge in [-0.3, -0.25) is 4.79 Å². The summed E-state index contributed by atoms with van der Waals surface area (Å²) in [6, 6.07) is 14.4. The number of hydrogen-bond acceptors (Lipinski definition) is 5. The summed E-state index contributed by atoms with van der Waals surface area (Å²) in [5.41, 5.74) is 2.74. The van der Waals surface area contributed by atoms with Gasteiger partial charge in [-0.2, -0.15) is 0 Å². The Labute approximate surface area is 201 Å². The molecule has 0 aliphatic rings. The molecule has 0 aromatic heterocycles. The van der Waals surface area contributed by atoms with Gasteiger partial charge in [-0.25, -0.2) is 9.59 Å². The third-order valence-electron chi connectivity index (χ3n) is 5.39.